The quantitative estimate of drug-likeness (QED) is 0.946. The van der Waals surface area contributed by atoms with Crippen molar-refractivity contribution in [3.8, 4) is 11.5 Å². The molecule has 1 amide bonds. The van der Waals surface area contributed by atoms with E-state index >= 15 is 0 Å². The fraction of sp³-hybridized carbons (Fsp3) is 0.278. The molecule has 4 heteroatoms. The zero-order valence-corrected chi connectivity index (χ0v) is 12.8. The van der Waals surface area contributed by atoms with Crippen LogP contribution in [-0.4, -0.2) is 19.1 Å². The van der Waals surface area contributed by atoms with Gasteiger partial charge in [-0.25, -0.2) is 0 Å². The topological polar surface area (TPSA) is 47.6 Å². The first-order valence-electron chi connectivity index (χ1n) is 7.40. The third-order valence-electron chi connectivity index (χ3n) is 3.69. The molecule has 1 heterocycles. The van der Waals surface area contributed by atoms with Crippen molar-refractivity contribution in [2.75, 3.05) is 13.2 Å². The number of benzene rings is 2. The Morgan fingerprint density at radius 3 is 2.64 bits per heavy atom. The summed E-state index contributed by atoms with van der Waals surface area (Å²) in [4.78, 5) is 12.3. The lowest BCUT2D eigenvalue weighted by atomic mass is 10.1. The molecule has 0 saturated carbocycles. The normalized spacial score (nSPS) is 14.3. The standard InChI is InChI=1S/C18H19NO3/c1-12-4-3-5-15(10-12)18(20)19-13(2)14-6-7-16-17(11-14)22-9-8-21-16/h3-7,10-11,13H,8-9H2,1-2H3,(H,19,20)/t13-/m0/s1. The summed E-state index contributed by atoms with van der Waals surface area (Å²) in [6.45, 7) is 5.06. The average molecular weight is 297 g/mol. The van der Waals surface area contributed by atoms with Crippen molar-refractivity contribution in [3.05, 3.63) is 59.2 Å². The van der Waals surface area contributed by atoms with Crippen LogP contribution in [0.4, 0.5) is 0 Å². The SMILES string of the molecule is Cc1cccc(C(=O)N[C@@H](C)c2ccc3c(c2)OCCO3)c1. The molecule has 0 unspecified atom stereocenters. The van der Waals surface area contributed by atoms with Gasteiger partial charge in [0.05, 0.1) is 6.04 Å². The molecule has 0 aliphatic carbocycles. The molecule has 114 valence electrons. The van der Waals surface area contributed by atoms with Gasteiger partial charge >= 0.3 is 0 Å². The van der Waals surface area contributed by atoms with Crippen LogP contribution < -0.4 is 14.8 Å². The van der Waals surface area contributed by atoms with Gasteiger partial charge in [0.15, 0.2) is 11.5 Å². The van der Waals surface area contributed by atoms with Crippen LogP contribution in [-0.2, 0) is 0 Å². The summed E-state index contributed by atoms with van der Waals surface area (Å²) in [6, 6.07) is 13.2. The highest BCUT2D eigenvalue weighted by Crippen LogP contribution is 2.32. The number of nitrogens with one attached hydrogen (secondary N) is 1. The van der Waals surface area contributed by atoms with Gasteiger partial charge in [0.1, 0.15) is 13.2 Å². The molecule has 0 bridgehead atoms. The lowest BCUT2D eigenvalue weighted by molar-refractivity contribution is 0.0939. The zero-order chi connectivity index (χ0) is 15.5. The Hall–Kier alpha value is -2.49. The van der Waals surface area contributed by atoms with Crippen LogP contribution in [0.1, 0.15) is 34.5 Å². The van der Waals surface area contributed by atoms with E-state index in [0.717, 1.165) is 22.6 Å². The Labute approximate surface area is 130 Å². The fourth-order valence-electron chi connectivity index (χ4n) is 2.48. The lowest BCUT2D eigenvalue weighted by Crippen LogP contribution is -2.26. The van der Waals surface area contributed by atoms with Crippen molar-refractivity contribution < 1.29 is 14.3 Å². The predicted octanol–water partition coefficient (Wildman–Crippen LogP) is 3.26. The molecule has 22 heavy (non-hydrogen) atoms. The number of hydrogen-bond donors (Lipinski definition) is 1. The third-order valence-corrected chi connectivity index (χ3v) is 3.69. The van der Waals surface area contributed by atoms with Crippen molar-refractivity contribution in [1.29, 1.82) is 0 Å². The maximum Gasteiger partial charge on any atom is 0.251 e. The molecule has 0 saturated heterocycles. The molecule has 0 spiro atoms. The van der Waals surface area contributed by atoms with Crippen LogP contribution in [0.15, 0.2) is 42.5 Å². The minimum atomic E-state index is -0.108. The summed E-state index contributed by atoms with van der Waals surface area (Å²) in [7, 11) is 0. The van der Waals surface area contributed by atoms with Crippen LogP contribution >= 0.6 is 0 Å². The molecular weight excluding hydrogens is 278 g/mol. The third kappa shape index (κ3) is 3.06. The number of carbonyl (C=O) groups excluding carboxylic acids is 1. The van der Waals surface area contributed by atoms with Crippen molar-refractivity contribution in [2.45, 2.75) is 19.9 Å². The number of amides is 1. The molecule has 0 aromatic heterocycles. The monoisotopic (exact) mass is 297 g/mol. The van der Waals surface area contributed by atoms with Crippen LogP contribution in [0.25, 0.3) is 0 Å². The Balaban J connectivity index is 1.74. The van der Waals surface area contributed by atoms with E-state index in [2.05, 4.69) is 5.32 Å². The van der Waals surface area contributed by atoms with Gasteiger partial charge in [-0.15, -0.1) is 0 Å². The molecule has 1 aliphatic rings. The molecule has 3 rings (SSSR count). The number of rotatable bonds is 3. The van der Waals surface area contributed by atoms with Crippen molar-refractivity contribution in [3.63, 3.8) is 0 Å². The van der Waals surface area contributed by atoms with Crippen LogP contribution in [0.3, 0.4) is 0 Å². The van der Waals surface area contributed by atoms with Gasteiger partial charge in [0.25, 0.3) is 5.91 Å². The second kappa shape index (κ2) is 6.10. The number of fused-ring (bicyclic) bond motifs is 1. The van der Waals surface area contributed by atoms with Crippen LogP contribution in [0.5, 0.6) is 11.5 Å². The van der Waals surface area contributed by atoms with Crippen molar-refractivity contribution in [1.82, 2.24) is 5.32 Å². The van der Waals surface area contributed by atoms with Gasteiger partial charge in [-0.3, -0.25) is 4.79 Å². The smallest absolute Gasteiger partial charge is 0.251 e. The first kappa shape index (κ1) is 14.4. The van der Waals surface area contributed by atoms with Gasteiger partial charge in [0, 0.05) is 5.56 Å². The number of aryl methyl sites for hydroxylation is 1. The molecule has 0 radical (unpaired) electrons. The van der Waals surface area contributed by atoms with Crippen molar-refractivity contribution in [2.24, 2.45) is 0 Å². The Morgan fingerprint density at radius 1 is 1.09 bits per heavy atom. The summed E-state index contributed by atoms with van der Waals surface area (Å²) in [5.74, 6) is 1.42. The minimum Gasteiger partial charge on any atom is -0.486 e. The fourth-order valence-corrected chi connectivity index (χ4v) is 2.48. The first-order chi connectivity index (χ1) is 10.6. The van der Waals surface area contributed by atoms with Crippen LogP contribution in [0.2, 0.25) is 0 Å². The number of ether oxygens (including phenoxy) is 2. The van der Waals surface area contributed by atoms with E-state index in [4.69, 9.17) is 9.47 Å². The molecule has 4 nitrogen and oxygen atoms in total. The second-order valence-electron chi connectivity index (χ2n) is 5.47. The van der Waals surface area contributed by atoms with E-state index in [-0.39, 0.29) is 11.9 Å². The van der Waals surface area contributed by atoms with Crippen molar-refractivity contribution >= 4 is 5.91 Å². The largest absolute Gasteiger partial charge is 0.486 e. The first-order valence-corrected chi connectivity index (χ1v) is 7.40. The van der Waals surface area contributed by atoms with Gasteiger partial charge in [-0.05, 0) is 43.7 Å². The summed E-state index contributed by atoms with van der Waals surface area (Å²) < 4.78 is 11.1. The average Bonchev–Trinajstić information content (AvgIpc) is 2.54. The number of hydrogen-bond acceptors (Lipinski definition) is 3. The van der Waals surface area contributed by atoms with E-state index in [9.17, 15) is 4.79 Å². The van der Waals surface area contributed by atoms with Gasteiger partial charge in [-0.1, -0.05) is 23.8 Å². The molecule has 1 aliphatic heterocycles. The summed E-state index contributed by atoms with van der Waals surface area (Å²) in [5, 5.41) is 3.01. The highest BCUT2D eigenvalue weighted by Gasteiger charge is 2.16. The number of carbonyl (C=O) groups is 1. The second-order valence-corrected chi connectivity index (χ2v) is 5.47. The Kier molecular flexibility index (Phi) is 4.00. The molecule has 0 fully saturated rings. The Bertz CT molecular complexity index is 696. The molecule has 2 aromatic rings. The van der Waals surface area contributed by atoms with E-state index < -0.39 is 0 Å². The van der Waals surface area contributed by atoms with Gasteiger partial charge < -0.3 is 14.8 Å². The molecule has 1 N–H and O–H groups in total. The molecule has 1 atom stereocenters. The summed E-state index contributed by atoms with van der Waals surface area (Å²) in [6.07, 6.45) is 0. The van der Waals surface area contributed by atoms with Gasteiger partial charge in [-0.2, -0.15) is 0 Å². The highest BCUT2D eigenvalue weighted by molar-refractivity contribution is 5.94. The lowest BCUT2D eigenvalue weighted by Gasteiger charge is -2.21. The summed E-state index contributed by atoms with van der Waals surface area (Å²) >= 11 is 0. The van der Waals surface area contributed by atoms with E-state index in [1.54, 1.807) is 0 Å². The highest BCUT2D eigenvalue weighted by atomic mass is 16.6. The molecular formula is C18H19NO3. The van der Waals surface area contributed by atoms with E-state index in [0.29, 0.717) is 18.8 Å². The Morgan fingerprint density at radius 2 is 1.86 bits per heavy atom. The maximum atomic E-state index is 12.3. The zero-order valence-electron chi connectivity index (χ0n) is 12.8. The van der Waals surface area contributed by atoms with Gasteiger partial charge in [0.2, 0.25) is 0 Å². The van der Waals surface area contributed by atoms with E-state index in [1.165, 1.54) is 0 Å². The maximum absolute atomic E-state index is 12.3. The summed E-state index contributed by atoms with van der Waals surface area (Å²) in [5.41, 5.74) is 2.73. The minimum absolute atomic E-state index is 0.0777. The van der Waals surface area contributed by atoms with E-state index in [1.807, 2.05) is 56.3 Å². The van der Waals surface area contributed by atoms with Crippen LogP contribution in [0, 0.1) is 6.92 Å². The predicted molar refractivity (Wildman–Crippen MR) is 84.5 cm³/mol. The molecule has 2 aromatic carbocycles.